The molecule has 0 fully saturated rings. The van der Waals surface area contributed by atoms with Crippen LogP contribution in [0, 0.1) is 0 Å². The molecule has 0 aliphatic rings. The number of nitrogens with zero attached hydrogens (tertiary/aromatic N) is 1. The molecule has 0 amide bonds. The Kier molecular flexibility index (Phi) is 3.57. The molecule has 2 aromatic rings. The van der Waals surface area contributed by atoms with Crippen LogP contribution in [0.3, 0.4) is 0 Å². The van der Waals surface area contributed by atoms with E-state index in [0.717, 1.165) is 17.2 Å². The van der Waals surface area contributed by atoms with Gasteiger partial charge in [0.05, 0.1) is 5.69 Å². The van der Waals surface area contributed by atoms with Crippen molar-refractivity contribution in [1.82, 2.24) is 4.98 Å². The molecule has 3 heteroatoms. The molecule has 0 spiro atoms. The maximum Gasteiger partial charge on any atom is 0.187 e. The fraction of sp³-hybridized carbons (Fsp3) is 0.308. The Morgan fingerprint density at radius 1 is 1.31 bits per heavy atom. The molecule has 1 heterocycles. The maximum absolute atomic E-state index is 4.58. The Hall–Kier alpha value is -1.35. The number of thiazole rings is 1. The fourth-order valence-corrected chi connectivity index (χ4v) is 2.28. The lowest BCUT2D eigenvalue weighted by Gasteiger charge is -2.03. The van der Waals surface area contributed by atoms with E-state index in [1.165, 1.54) is 5.69 Å². The van der Waals surface area contributed by atoms with Gasteiger partial charge in [-0.05, 0) is 24.5 Å². The smallest absolute Gasteiger partial charge is 0.187 e. The van der Waals surface area contributed by atoms with Crippen molar-refractivity contribution in [3.8, 4) is 0 Å². The van der Waals surface area contributed by atoms with Gasteiger partial charge in [0.25, 0.3) is 0 Å². The lowest BCUT2D eigenvalue weighted by Crippen LogP contribution is -1.93. The standard InChI is InChI=1S/C13H16N2S/c1-3-10(2)12-9-16-13(15-12)14-11-7-5-4-6-8-11/h4-10H,3H2,1-2H3,(H,14,15). The first-order chi connectivity index (χ1) is 7.79. The molecule has 0 aliphatic carbocycles. The van der Waals surface area contributed by atoms with Gasteiger partial charge < -0.3 is 5.32 Å². The van der Waals surface area contributed by atoms with Crippen molar-refractivity contribution in [3.05, 3.63) is 41.4 Å². The summed E-state index contributed by atoms with van der Waals surface area (Å²) in [5.74, 6) is 0.544. The van der Waals surface area contributed by atoms with Gasteiger partial charge in [-0.3, -0.25) is 0 Å². The molecule has 16 heavy (non-hydrogen) atoms. The van der Waals surface area contributed by atoms with Gasteiger partial charge in [0.2, 0.25) is 0 Å². The van der Waals surface area contributed by atoms with E-state index >= 15 is 0 Å². The molecule has 1 aromatic carbocycles. The zero-order valence-electron chi connectivity index (χ0n) is 9.60. The highest BCUT2D eigenvalue weighted by molar-refractivity contribution is 7.13. The predicted octanol–water partition coefficient (Wildman–Crippen LogP) is 4.40. The SMILES string of the molecule is CCC(C)c1csc(Nc2ccccc2)n1. The van der Waals surface area contributed by atoms with Crippen LogP contribution < -0.4 is 5.32 Å². The van der Waals surface area contributed by atoms with Crippen molar-refractivity contribution in [3.63, 3.8) is 0 Å². The van der Waals surface area contributed by atoms with E-state index in [-0.39, 0.29) is 0 Å². The minimum Gasteiger partial charge on any atom is -0.332 e. The summed E-state index contributed by atoms with van der Waals surface area (Å²) in [7, 11) is 0. The highest BCUT2D eigenvalue weighted by Crippen LogP contribution is 2.25. The van der Waals surface area contributed by atoms with Crippen molar-refractivity contribution in [1.29, 1.82) is 0 Å². The Morgan fingerprint density at radius 3 is 2.75 bits per heavy atom. The molecule has 0 bridgehead atoms. The zero-order valence-corrected chi connectivity index (χ0v) is 10.4. The minimum absolute atomic E-state index is 0.544. The monoisotopic (exact) mass is 232 g/mol. The second-order valence-corrected chi connectivity index (χ2v) is 4.74. The normalized spacial score (nSPS) is 12.4. The topological polar surface area (TPSA) is 24.9 Å². The average Bonchev–Trinajstić information content (AvgIpc) is 2.78. The largest absolute Gasteiger partial charge is 0.332 e. The summed E-state index contributed by atoms with van der Waals surface area (Å²) in [5, 5.41) is 6.42. The molecule has 1 unspecified atom stereocenters. The van der Waals surface area contributed by atoms with Crippen LogP contribution in [0.2, 0.25) is 0 Å². The summed E-state index contributed by atoms with van der Waals surface area (Å²) in [4.78, 5) is 4.58. The van der Waals surface area contributed by atoms with E-state index < -0.39 is 0 Å². The van der Waals surface area contributed by atoms with Crippen molar-refractivity contribution in [2.45, 2.75) is 26.2 Å². The van der Waals surface area contributed by atoms with Crippen LogP contribution in [0.5, 0.6) is 0 Å². The van der Waals surface area contributed by atoms with E-state index in [2.05, 4.69) is 29.5 Å². The Balaban J connectivity index is 2.09. The molecule has 0 saturated heterocycles. The number of aromatic nitrogens is 1. The molecule has 1 aromatic heterocycles. The number of para-hydroxylation sites is 1. The highest BCUT2D eigenvalue weighted by atomic mass is 32.1. The first kappa shape index (κ1) is 11.1. The second kappa shape index (κ2) is 5.12. The first-order valence-electron chi connectivity index (χ1n) is 5.57. The molecule has 84 valence electrons. The number of nitrogens with one attached hydrogen (secondary N) is 1. The molecule has 1 atom stereocenters. The highest BCUT2D eigenvalue weighted by Gasteiger charge is 2.07. The third kappa shape index (κ3) is 2.61. The predicted molar refractivity (Wildman–Crippen MR) is 70.5 cm³/mol. The van der Waals surface area contributed by atoms with Gasteiger partial charge in [0, 0.05) is 11.1 Å². The number of benzene rings is 1. The summed E-state index contributed by atoms with van der Waals surface area (Å²) in [5.41, 5.74) is 2.28. The third-order valence-corrected chi connectivity index (χ3v) is 3.44. The van der Waals surface area contributed by atoms with Crippen molar-refractivity contribution in [2.24, 2.45) is 0 Å². The Labute approximate surface area is 100 Å². The quantitative estimate of drug-likeness (QED) is 0.845. The summed E-state index contributed by atoms with van der Waals surface area (Å²) in [6.07, 6.45) is 1.13. The van der Waals surface area contributed by atoms with Crippen LogP contribution in [0.15, 0.2) is 35.7 Å². The summed E-state index contributed by atoms with van der Waals surface area (Å²) >= 11 is 1.67. The van der Waals surface area contributed by atoms with Gasteiger partial charge >= 0.3 is 0 Å². The molecule has 0 saturated carbocycles. The molecular weight excluding hydrogens is 216 g/mol. The molecule has 0 radical (unpaired) electrons. The van der Waals surface area contributed by atoms with E-state index in [1.54, 1.807) is 11.3 Å². The number of hydrogen-bond acceptors (Lipinski definition) is 3. The summed E-state index contributed by atoms with van der Waals surface area (Å²) in [6.45, 7) is 4.40. The zero-order chi connectivity index (χ0) is 11.4. The first-order valence-corrected chi connectivity index (χ1v) is 6.45. The van der Waals surface area contributed by atoms with Gasteiger partial charge in [-0.1, -0.05) is 32.0 Å². The van der Waals surface area contributed by atoms with E-state index in [1.807, 2.05) is 30.3 Å². The molecule has 2 rings (SSSR count). The van der Waals surface area contributed by atoms with Gasteiger partial charge in [0.1, 0.15) is 0 Å². The number of rotatable bonds is 4. The van der Waals surface area contributed by atoms with Crippen LogP contribution in [0.1, 0.15) is 31.9 Å². The third-order valence-electron chi connectivity index (χ3n) is 2.66. The second-order valence-electron chi connectivity index (χ2n) is 3.88. The van der Waals surface area contributed by atoms with E-state index in [4.69, 9.17) is 0 Å². The van der Waals surface area contributed by atoms with Gasteiger partial charge in [-0.25, -0.2) is 4.98 Å². The van der Waals surface area contributed by atoms with Crippen LogP contribution in [0.25, 0.3) is 0 Å². The molecule has 1 N–H and O–H groups in total. The van der Waals surface area contributed by atoms with Crippen molar-refractivity contribution < 1.29 is 0 Å². The van der Waals surface area contributed by atoms with Crippen LogP contribution in [-0.2, 0) is 0 Å². The lowest BCUT2D eigenvalue weighted by atomic mass is 10.1. The molecule has 0 aliphatic heterocycles. The summed E-state index contributed by atoms with van der Waals surface area (Å²) in [6, 6.07) is 10.1. The van der Waals surface area contributed by atoms with Crippen molar-refractivity contribution in [2.75, 3.05) is 5.32 Å². The fourth-order valence-electron chi connectivity index (χ4n) is 1.42. The summed E-state index contributed by atoms with van der Waals surface area (Å²) < 4.78 is 0. The molecular formula is C13H16N2S. The maximum atomic E-state index is 4.58. The van der Waals surface area contributed by atoms with Crippen LogP contribution in [0.4, 0.5) is 10.8 Å². The Morgan fingerprint density at radius 2 is 2.06 bits per heavy atom. The minimum atomic E-state index is 0.544. The average molecular weight is 232 g/mol. The Bertz CT molecular complexity index is 436. The molecule has 2 nitrogen and oxygen atoms in total. The van der Waals surface area contributed by atoms with Gasteiger partial charge in [-0.2, -0.15) is 0 Å². The van der Waals surface area contributed by atoms with Crippen molar-refractivity contribution >= 4 is 22.2 Å². The number of hydrogen-bond donors (Lipinski definition) is 1. The van der Waals surface area contributed by atoms with E-state index in [9.17, 15) is 0 Å². The van der Waals surface area contributed by atoms with E-state index in [0.29, 0.717) is 5.92 Å². The number of anilines is 2. The van der Waals surface area contributed by atoms with Gasteiger partial charge in [0.15, 0.2) is 5.13 Å². The lowest BCUT2D eigenvalue weighted by molar-refractivity contribution is 0.714. The van der Waals surface area contributed by atoms with Gasteiger partial charge in [-0.15, -0.1) is 11.3 Å². The van der Waals surface area contributed by atoms with Crippen LogP contribution in [-0.4, -0.2) is 4.98 Å². The van der Waals surface area contributed by atoms with Crippen LogP contribution >= 0.6 is 11.3 Å².